The van der Waals surface area contributed by atoms with E-state index >= 15 is 0 Å². The van der Waals surface area contributed by atoms with Crippen LogP contribution in [0.1, 0.15) is 12.3 Å². The van der Waals surface area contributed by atoms with Crippen molar-refractivity contribution in [3.63, 3.8) is 0 Å². The molecule has 2 aromatic carbocycles. The first-order chi connectivity index (χ1) is 14.5. The topological polar surface area (TPSA) is 49.6 Å². The van der Waals surface area contributed by atoms with Crippen LogP contribution in [0.5, 0.6) is 0 Å². The highest BCUT2D eigenvalue weighted by Crippen LogP contribution is 2.25. The normalized spacial score (nSPS) is 14.2. The molecular weight excluding hydrogens is 412 g/mol. The molecule has 8 heteroatoms. The molecule has 0 saturated carbocycles. The molecule has 0 N–H and O–H groups in total. The second-order valence-corrected chi connectivity index (χ2v) is 7.53. The molecule has 0 spiro atoms. The Kier molecular flexibility index (Phi) is 5.99. The molecule has 1 amide bonds. The van der Waals surface area contributed by atoms with Crippen LogP contribution in [0.2, 0.25) is 5.02 Å². The maximum absolute atomic E-state index is 13.9. The lowest BCUT2D eigenvalue weighted by Crippen LogP contribution is -2.48. The van der Waals surface area contributed by atoms with Gasteiger partial charge in [0.25, 0.3) is 0 Å². The number of halogens is 3. The number of rotatable bonds is 5. The number of aryl methyl sites for hydroxylation is 1. The lowest BCUT2D eigenvalue weighted by molar-refractivity contribution is -0.131. The number of aromatic nitrogens is 1. The Morgan fingerprint density at radius 1 is 1.10 bits per heavy atom. The van der Waals surface area contributed by atoms with Crippen LogP contribution in [0.25, 0.3) is 11.3 Å². The summed E-state index contributed by atoms with van der Waals surface area (Å²) in [5.41, 5.74) is 1.19. The average molecular weight is 432 g/mol. The van der Waals surface area contributed by atoms with E-state index in [1.165, 1.54) is 12.3 Å². The molecule has 1 aliphatic rings. The maximum atomic E-state index is 13.9. The minimum Gasteiger partial charge on any atom is -0.441 e. The van der Waals surface area contributed by atoms with E-state index in [2.05, 4.69) is 9.88 Å². The van der Waals surface area contributed by atoms with E-state index in [9.17, 15) is 13.6 Å². The molecule has 1 aromatic heterocycles. The number of amides is 1. The van der Waals surface area contributed by atoms with Crippen LogP contribution in [-0.4, -0.2) is 42.0 Å². The molecule has 5 nitrogen and oxygen atoms in total. The van der Waals surface area contributed by atoms with Crippen molar-refractivity contribution in [1.29, 1.82) is 0 Å². The van der Waals surface area contributed by atoms with Crippen molar-refractivity contribution >= 4 is 23.2 Å². The standard InChI is InChI=1S/C22H20ClF2N3O2/c23-15-2-1-3-17(12-15)27-8-10-28(11-9-27)22(29)7-6-21-26-14-20(30-21)18-5-4-16(24)13-19(18)25/h1-5,12-14H,6-11H2. The molecule has 1 aliphatic heterocycles. The van der Waals surface area contributed by atoms with Gasteiger partial charge in [-0.2, -0.15) is 0 Å². The van der Waals surface area contributed by atoms with Crippen LogP contribution >= 0.6 is 11.6 Å². The van der Waals surface area contributed by atoms with Gasteiger partial charge in [0.2, 0.25) is 5.91 Å². The first-order valence-electron chi connectivity index (χ1n) is 9.68. The second-order valence-electron chi connectivity index (χ2n) is 7.09. The van der Waals surface area contributed by atoms with Gasteiger partial charge in [0, 0.05) is 55.8 Å². The van der Waals surface area contributed by atoms with Crippen molar-refractivity contribution in [1.82, 2.24) is 9.88 Å². The van der Waals surface area contributed by atoms with Gasteiger partial charge in [-0.1, -0.05) is 17.7 Å². The number of carbonyl (C=O) groups excluding carboxylic acids is 1. The van der Waals surface area contributed by atoms with Gasteiger partial charge in [0.15, 0.2) is 11.7 Å². The highest BCUT2D eigenvalue weighted by atomic mass is 35.5. The van der Waals surface area contributed by atoms with Crippen molar-refractivity contribution in [2.24, 2.45) is 0 Å². The van der Waals surface area contributed by atoms with E-state index in [1.807, 2.05) is 29.2 Å². The monoisotopic (exact) mass is 431 g/mol. The summed E-state index contributed by atoms with van der Waals surface area (Å²) in [5.74, 6) is -0.790. The molecule has 0 radical (unpaired) electrons. The van der Waals surface area contributed by atoms with Crippen LogP contribution in [0, 0.1) is 11.6 Å². The van der Waals surface area contributed by atoms with Crippen LogP contribution in [0.15, 0.2) is 53.1 Å². The van der Waals surface area contributed by atoms with Crippen LogP contribution < -0.4 is 4.90 Å². The maximum Gasteiger partial charge on any atom is 0.223 e. The molecule has 4 rings (SSSR count). The minimum atomic E-state index is -0.716. The van der Waals surface area contributed by atoms with Gasteiger partial charge in [-0.3, -0.25) is 4.79 Å². The molecule has 156 valence electrons. The average Bonchev–Trinajstić information content (AvgIpc) is 3.21. The molecule has 1 fully saturated rings. The molecule has 0 unspecified atom stereocenters. The van der Waals surface area contributed by atoms with Crippen molar-refractivity contribution in [3.8, 4) is 11.3 Å². The summed E-state index contributed by atoms with van der Waals surface area (Å²) < 4.78 is 32.5. The first-order valence-corrected chi connectivity index (χ1v) is 10.1. The molecule has 1 saturated heterocycles. The fraction of sp³-hybridized carbons (Fsp3) is 0.273. The summed E-state index contributed by atoms with van der Waals surface area (Å²) >= 11 is 6.06. The van der Waals surface area contributed by atoms with Gasteiger partial charge in [-0.15, -0.1) is 0 Å². The van der Waals surface area contributed by atoms with Gasteiger partial charge < -0.3 is 14.2 Å². The van der Waals surface area contributed by atoms with E-state index < -0.39 is 11.6 Å². The summed E-state index contributed by atoms with van der Waals surface area (Å²) in [6.45, 7) is 2.73. The van der Waals surface area contributed by atoms with Crippen molar-refractivity contribution in [2.75, 3.05) is 31.1 Å². The van der Waals surface area contributed by atoms with E-state index in [0.717, 1.165) is 30.9 Å². The fourth-order valence-corrected chi connectivity index (χ4v) is 3.68. The van der Waals surface area contributed by atoms with Gasteiger partial charge in [0.1, 0.15) is 11.6 Å². The van der Waals surface area contributed by atoms with Crippen molar-refractivity contribution in [2.45, 2.75) is 12.8 Å². The van der Waals surface area contributed by atoms with E-state index in [1.54, 1.807) is 0 Å². The summed E-state index contributed by atoms with van der Waals surface area (Å²) in [7, 11) is 0. The number of carbonyl (C=O) groups is 1. The minimum absolute atomic E-state index is 0.0217. The molecular formula is C22H20ClF2N3O2. The molecule has 30 heavy (non-hydrogen) atoms. The van der Waals surface area contributed by atoms with E-state index in [0.29, 0.717) is 30.4 Å². The largest absolute Gasteiger partial charge is 0.441 e. The fourth-order valence-electron chi connectivity index (χ4n) is 3.50. The Morgan fingerprint density at radius 3 is 2.63 bits per heavy atom. The first kappa shape index (κ1) is 20.3. The third-order valence-electron chi connectivity index (χ3n) is 5.11. The predicted molar refractivity (Wildman–Crippen MR) is 110 cm³/mol. The zero-order chi connectivity index (χ0) is 21.1. The second kappa shape index (κ2) is 8.83. The highest BCUT2D eigenvalue weighted by Gasteiger charge is 2.22. The summed E-state index contributed by atoms with van der Waals surface area (Å²) in [6.07, 6.45) is 1.96. The Hall–Kier alpha value is -2.93. The predicted octanol–water partition coefficient (Wildman–Crippen LogP) is 4.55. The SMILES string of the molecule is O=C(CCc1ncc(-c2ccc(F)cc2F)o1)N1CCN(c2cccc(Cl)c2)CC1. The number of hydrogen-bond acceptors (Lipinski definition) is 4. The smallest absolute Gasteiger partial charge is 0.223 e. The highest BCUT2D eigenvalue weighted by molar-refractivity contribution is 6.30. The van der Waals surface area contributed by atoms with Gasteiger partial charge in [-0.25, -0.2) is 13.8 Å². The zero-order valence-electron chi connectivity index (χ0n) is 16.2. The van der Waals surface area contributed by atoms with Crippen molar-refractivity contribution < 1.29 is 18.0 Å². The van der Waals surface area contributed by atoms with E-state index in [-0.39, 0.29) is 23.7 Å². The van der Waals surface area contributed by atoms with Gasteiger partial charge in [-0.05, 0) is 30.3 Å². The Morgan fingerprint density at radius 2 is 1.90 bits per heavy atom. The summed E-state index contributed by atoms with van der Waals surface area (Å²) in [5, 5.41) is 0.692. The Bertz CT molecular complexity index is 1050. The molecule has 0 atom stereocenters. The van der Waals surface area contributed by atoms with Gasteiger partial charge >= 0.3 is 0 Å². The lowest BCUT2D eigenvalue weighted by atomic mass is 10.2. The van der Waals surface area contributed by atoms with Gasteiger partial charge in [0.05, 0.1) is 11.8 Å². The zero-order valence-corrected chi connectivity index (χ0v) is 16.9. The third kappa shape index (κ3) is 4.62. The quantitative estimate of drug-likeness (QED) is 0.594. The van der Waals surface area contributed by atoms with E-state index in [4.69, 9.17) is 16.0 Å². The molecule has 2 heterocycles. The van der Waals surface area contributed by atoms with Crippen molar-refractivity contribution in [3.05, 3.63) is 71.2 Å². The molecule has 0 bridgehead atoms. The summed E-state index contributed by atoms with van der Waals surface area (Å²) in [4.78, 5) is 20.7. The number of nitrogens with zero attached hydrogens (tertiary/aromatic N) is 3. The number of piperazine rings is 1. The van der Waals surface area contributed by atoms with Crippen LogP contribution in [-0.2, 0) is 11.2 Å². The summed E-state index contributed by atoms with van der Waals surface area (Å²) in [6, 6.07) is 10.9. The third-order valence-corrected chi connectivity index (χ3v) is 5.34. The van der Waals surface area contributed by atoms with Crippen LogP contribution in [0.4, 0.5) is 14.5 Å². The molecule has 0 aliphatic carbocycles. The number of benzene rings is 2. The lowest BCUT2D eigenvalue weighted by Gasteiger charge is -2.36. The van der Waals surface area contributed by atoms with Crippen LogP contribution in [0.3, 0.4) is 0 Å². The Labute approximate surface area is 177 Å². The Balaban J connectivity index is 1.30. The number of oxazole rings is 1. The number of hydrogen-bond donors (Lipinski definition) is 0. The number of anilines is 1. The molecule has 3 aromatic rings.